The van der Waals surface area contributed by atoms with Gasteiger partial charge in [0, 0.05) is 48.2 Å². The number of ether oxygens (including phenoxy) is 1. The summed E-state index contributed by atoms with van der Waals surface area (Å²) in [4.78, 5) is 19.0. The molecule has 6 rings (SSSR count). The van der Waals surface area contributed by atoms with E-state index < -0.39 is 10.0 Å². The molecule has 0 unspecified atom stereocenters. The van der Waals surface area contributed by atoms with Crippen molar-refractivity contribution in [3.63, 3.8) is 0 Å². The lowest BCUT2D eigenvalue weighted by atomic mass is 10.0. The third-order valence-corrected chi connectivity index (χ3v) is 8.81. The van der Waals surface area contributed by atoms with Gasteiger partial charge in [-0.3, -0.25) is 9.10 Å². The van der Waals surface area contributed by atoms with E-state index in [4.69, 9.17) is 4.74 Å². The van der Waals surface area contributed by atoms with Crippen LogP contribution in [0.25, 0.3) is 10.9 Å². The van der Waals surface area contributed by atoms with Gasteiger partial charge < -0.3 is 14.6 Å². The molecule has 178 valence electrons. The molecule has 2 aliphatic heterocycles. The summed E-state index contributed by atoms with van der Waals surface area (Å²) in [6, 6.07) is 20.1. The number of nitrogens with one attached hydrogen (secondary N) is 1. The summed E-state index contributed by atoms with van der Waals surface area (Å²) >= 11 is 0. The summed E-state index contributed by atoms with van der Waals surface area (Å²) in [5, 5.41) is 1.11. The number of hydrogen-bond donors (Lipinski definition) is 1. The van der Waals surface area contributed by atoms with Gasteiger partial charge in [0.15, 0.2) is 0 Å². The van der Waals surface area contributed by atoms with Crippen molar-refractivity contribution >= 4 is 32.5 Å². The van der Waals surface area contributed by atoms with Crippen molar-refractivity contribution in [2.24, 2.45) is 0 Å². The zero-order valence-corrected chi connectivity index (χ0v) is 20.1. The molecule has 0 fully saturated rings. The van der Waals surface area contributed by atoms with E-state index in [2.05, 4.69) is 11.1 Å². The quantitative estimate of drug-likeness (QED) is 0.469. The van der Waals surface area contributed by atoms with Gasteiger partial charge in [0.1, 0.15) is 5.75 Å². The summed E-state index contributed by atoms with van der Waals surface area (Å²) in [6.45, 7) is 1.38. The Hall–Kier alpha value is -3.78. The van der Waals surface area contributed by atoms with Gasteiger partial charge in [0.2, 0.25) is 0 Å². The molecule has 0 saturated carbocycles. The number of amides is 1. The maximum Gasteiger partial charge on any atom is 0.264 e. The van der Waals surface area contributed by atoms with E-state index in [0.717, 1.165) is 27.7 Å². The Morgan fingerprint density at radius 1 is 0.971 bits per heavy atom. The smallest absolute Gasteiger partial charge is 0.264 e. The minimum absolute atomic E-state index is 0.0862. The zero-order valence-electron chi connectivity index (χ0n) is 19.3. The van der Waals surface area contributed by atoms with Crippen LogP contribution in [-0.2, 0) is 29.4 Å². The van der Waals surface area contributed by atoms with Crippen LogP contribution in [0.3, 0.4) is 0 Å². The topological polar surface area (TPSA) is 82.7 Å². The largest absolute Gasteiger partial charge is 0.496 e. The summed E-state index contributed by atoms with van der Waals surface area (Å²) < 4.78 is 34.1. The number of benzene rings is 3. The molecule has 2 aliphatic rings. The second-order valence-electron chi connectivity index (χ2n) is 8.92. The molecule has 1 aromatic heterocycles. The zero-order chi connectivity index (χ0) is 24.2. The first kappa shape index (κ1) is 21.7. The van der Waals surface area contributed by atoms with Gasteiger partial charge in [0.25, 0.3) is 15.9 Å². The fourth-order valence-electron chi connectivity index (χ4n) is 5.21. The fraction of sp³-hybridized carbons (Fsp3) is 0.222. The molecule has 8 heteroatoms. The minimum atomic E-state index is -3.83. The van der Waals surface area contributed by atoms with E-state index in [1.165, 1.54) is 23.5 Å². The SMILES string of the molecule is COc1ccc(S(=O)(=O)N2CCc3ccccc32)cc1C(=O)N1CCc2[nH]c3ccccc3c2C1. The summed E-state index contributed by atoms with van der Waals surface area (Å²) in [6.07, 6.45) is 1.37. The summed E-state index contributed by atoms with van der Waals surface area (Å²) in [5.74, 6) is 0.122. The molecule has 0 bridgehead atoms. The van der Waals surface area contributed by atoms with Crippen molar-refractivity contribution in [3.8, 4) is 5.75 Å². The number of aromatic nitrogens is 1. The van der Waals surface area contributed by atoms with Crippen LogP contribution in [0.15, 0.2) is 71.6 Å². The number of carbonyl (C=O) groups is 1. The van der Waals surface area contributed by atoms with Crippen LogP contribution in [0.4, 0.5) is 5.69 Å². The number of carbonyl (C=O) groups excluding carboxylic acids is 1. The molecule has 0 aliphatic carbocycles. The van der Waals surface area contributed by atoms with E-state index in [9.17, 15) is 13.2 Å². The maximum absolute atomic E-state index is 13.7. The van der Waals surface area contributed by atoms with E-state index in [1.807, 2.05) is 42.5 Å². The highest BCUT2D eigenvalue weighted by molar-refractivity contribution is 7.92. The second-order valence-corrected chi connectivity index (χ2v) is 10.8. The molecule has 0 radical (unpaired) electrons. The monoisotopic (exact) mass is 487 g/mol. The van der Waals surface area contributed by atoms with E-state index in [-0.39, 0.29) is 16.4 Å². The molecule has 7 nitrogen and oxygen atoms in total. The highest BCUT2D eigenvalue weighted by Gasteiger charge is 2.33. The molecule has 1 N–H and O–H groups in total. The number of hydrogen-bond acceptors (Lipinski definition) is 4. The number of aromatic amines is 1. The van der Waals surface area contributed by atoms with Crippen LogP contribution in [0.1, 0.15) is 27.2 Å². The van der Waals surface area contributed by atoms with Gasteiger partial charge in [-0.05, 0) is 42.3 Å². The van der Waals surface area contributed by atoms with E-state index >= 15 is 0 Å². The summed E-state index contributed by atoms with van der Waals surface area (Å²) in [7, 11) is -2.34. The maximum atomic E-state index is 13.7. The summed E-state index contributed by atoms with van der Waals surface area (Å²) in [5.41, 5.74) is 5.26. The molecule has 3 heterocycles. The predicted octanol–water partition coefficient (Wildman–Crippen LogP) is 4.13. The van der Waals surface area contributed by atoms with Crippen molar-refractivity contribution in [3.05, 3.63) is 89.1 Å². The molecule has 0 spiro atoms. The lowest BCUT2D eigenvalue weighted by molar-refractivity contribution is 0.0731. The minimum Gasteiger partial charge on any atom is -0.496 e. The lowest BCUT2D eigenvalue weighted by Crippen LogP contribution is -2.36. The number of nitrogens with zero attached hydrogens (tertiary/aromatic N) is 2. The number of H-pyrrole nitrogens is 1. The van der Waals surface area contributed by atoms with Gasteiger partial charge >= 0.3 is 0 Å². The number of para-hydroxylation sites is 2. The highest BCUT2D eigenvalue weighted by atomic mass is 32.2. The van der Waals surface area contributed by atoms with E-state index in [1.54, 1.807) is 11.0 Å². The first-order valence-electron chi connectivity index (χ1n) is 11.6. The van der Waals surface area contributed by atoms with Gasteiger partial charge in [-0.1, -0.05) is 36.4 Å². The Labute approximate surface area is 204 Å². The molecule has 1 amide bonds. The molecule has 3 aromatic carbocycles. The molecule has 0 saturated heterocycles. The fourth-order valence-corrected chi connectivity index (χ4v) is 6.74. The van der Waals surface area contributed by atoms with Gasteiger partial charge in [-0.25, -0.2) is 8.42 Å². The van der Waals surface area contributed by atoms with Crippen LogP contribution >= 0.6 is 0 Å². The van der Waals surface area contributed by atoms with Crippen LogP contribution < -0.4 is 9.04 Å². The standard InChI is InChI=1S/C27H25N3O4S/c1-34-26-11-10-19(35(32,33)30-15-12-18-6-2-5-9-25(18)30)16-21(26)27(31)29-14-13-24-22(17-29)20-7-3-4-8-23(20)28-24/h2-11,16,28H,12-15,17H2,1H3. The lowest BCUT2D eigenvalue weighted by Gasteiger charge is -2.28. The van der Waals surface area contributed by atoms with Gasteiger partial charge in [-0.2, -0.15) is 0 Å². The molecule has 4 aromatic rings. The molecule has 0 atom stereocenters. The number of anilines is 1. The first-order chi connectivity index (χ1) is 17.0. The van der Waals surface area contributed by atoms with Crippen LogP contribution in [0, 0.1) is 0 Å². The van der Waals surface area contributed by atoms with Crippen molar-refractivity contribution in [2.75, 3.05) is 24.5 Å². The van der Waals surface area contributed by atoms with E-state index in [0.29, 0.717) is 43.9 Å². The Morgan fingerprint density at radius 3 is 2.63 bits per heavy atom. The molecular formula is C27H25N3O4S. The highest BCUT2D eigenvalue weighted by Crippen LogP contribution is 2.35. The van der Waals surface area contributed by atoms with Crippen molar-refractivity contribution in [1.29, 1.82) is 0 Å². The van der Waals surface area contributed by atoms with Crippen LogP contribution in [0.2, 0.25) is 0 Å². The van der Waals surface area contributed by atoms with Crippen molar-refractivity contribution < 1.29 is 17.9 Å². The van der Waals surface area contributed by atoms with Gasteiger partial charge in [0.05, 0.1) is 23.3 Å². The van der Waals surface area contributed by atoms with Crippen molar-refractivity contribution in [1.82, 2.24) is 9.88 Å². The Kier molecular flexibility index (Phi) is 5.07. The molecule has 35 heavy (non-hydrogen) atoms. The Balaban J connectivity index is 1.35. The number of fused-ring (bicyclic) bond motifs is 4. The second kappa shape index (κ2) is 8.16. The van der Waals surface area contributed by atoms with Crippen LogP contribution in [-0.4, -0.2) is 44.4 Å². The average molecular weight is 488 g/mol. The third-order valence-electron chi connectivity index (χ3n) is 7.00. The number of rotatable bonds is 4. The normalized spacial score (nSPS) is 15.2. The Morgan fingerprint density at radius 2 is 1.77 bits per heavy atom. The third kappa shape index (κ3) is 3.47. The average Bonchev–Trinajstić information content (AvgIpc) is 3.49. The number of sulfonamides is 1. The number of methoxy groups -OCH3 is 1. The van der Waals surface area contributed by atoms with Gasteiger partial charge in [-0.15, -0.1) is 0 Å². The van der Waals surface area contributed by atoms with Crippen LogP contribution in [0.5, 0.6) is 5.75 Å². The predicted molar refractivity (Wildman–Crippen MR) is 134 cm³/mol. The first-order valence-corrected chi connectivity index (χ1v) is 13.1. The Bertz CT molecular complexity index is 1570. The van der Waals surface area contributed by atoms with Crippen molar-refractivity contribution in [2.45, 2.75) is 24.3 Å². The molecular weight excluding hydrogens is 462 g/mol.